The van der Waals surface area contributed by atoms with E-state index in [-0.39, 0.29) is 24.2 Å². The van der Waals surface area contributed by atoms with Crippen LogP contribution in [-0.4, -0.2) is 40.6 Å². The van der Waals surface area contributed by atoms with Crippen molar-refractivity contribution >= 4 is 23.3 Å². The first-order valence-corrected chi connectivity index (χ1v) is 5.80. The predicted molar refractivity (Wildman–Crippen MR) is 64.8 cm³/mol. The normalized spacial score (nSPS) is 19.6. The Hall–Kier alpha value is -1.33. The van der Waals surface area contributed by atoms with E-state index in [2.05, 4.69) is 4.98 Å². The Balaban J connectivity index is 2.17. The number of nitrogens with zero attached hydrogens (tertiary/aromatic N) is 2. The summed E-state index contributed by atoms with van der Waals surface area (Å²) < 4.78 is 0. The number of nitrogens with two attached hydrogens (primary N) is 1. The molecular weight excluding hydrogens is 242 g/mol. The number of nitrogen functional groups attached to an aromatic ring is 1. The molecule has 0 bridgehead atoms. The molecule has 1 aliphatic heterocycles. The summed E-state index contributed by atoms with van der Waals surface area (Å²) in [6, 6.07) is 1.48. The lowest BCUT2D eigenvalue weighted by molar-refractivity contribution is 0.0782. The van der Waals surface area contributed by atoms with Gasteiger partial charge in [-0.2, -0.15) is 0 Å². The monoisotopic (exact) mass is 255 g/mol. The summed E-state index contributed by atoms with van der Waals surface area (Å²) in [5.74, 6) is 0.285. The zero-order valence-electron chi connectivity index (χ0n) is 9.27. The first-order chi connectivity index (χ1) is 8.11. The number of aromatic nitrogens is 1. The Kier molecular flexibility index (Phi) is 3.49. The number of hydrogen-bond acceptors (Lipinski definition) is 4. The lowest BCUT2D eigenvalue weighted by Crippen LogP contribution is -2.29. The van der Waals surface area contributed by atoms with Crippen LogP contribution in [0.15, 0.2) is 12.3 Å². The van der Waals surface area contributed by atoms with E-state index in [4.69, 9.17) is 22.4 Å². The van der Waals surface area contributed by atoms with E-state index in [1.54, 1.807) is 4.90 Å². The molecule has 92 valence electrons. The van der Waals surface area contributed by atoms with Crippen molar-refractivity contribution in [2.24, 2.45) is 5.92 Å². The van der Waals surface area contributed by atoms with Gasteiger partial charge in [0.05, 0.1) is 10.6 Å². The molecule has 1 amide bonds. The van der Waals surface area contributed by atoms with Crippen molar-refractivity contribution < 1.29 is 9.90 Å². The second kappa shape index (κ2) is 4.89. The van der Waals surface area contributed by atoms with Gasteiger partial charge in [-0.05, 0) is 12.5 Å². The SMILES string of the molecule is Nc1cc(C(=O)N2CCC(CO)C2)c(Cl)cn1. The fourth-order valence-corrected chi connectivity index (χ4v) is 2.14. The summed E-state index contributed by atoms with van der Waals surface area (Å²) >= 11 is 5.92. The number of halogens is 1. The van der Waals surface area contributed by atoms with E-state index < -0.39 is 0 Å². The minimum atomic E-state index is -0.153. The van der Waals surface area contributed by atoms with Gasteiger partial charge in [-0.1, -0.05) is 11.6 Å². The van der Waals surface area contributed by atoms with Crippen molar-refractivity contribution in [1.82, 2.24) is 9.88 Å². The molecular formula is C11H14ClN3O2. The quantitative estimate of drug-likeness (QED) is 0.818. The molecule has 0 aromatic carbocycles. The number of amides is 1. The molecule has 0 saturated carbocycles. The van der Waals surface area contributed by atoms with E-state index in [1.165, 1.54) is 12.3 Å². The van der Waals surface area contributed by atoms with Gasteiger partial charge < -0.3 is 15.7 Å². The maximum absolute atomic E-state index is 12.2. The number of aliphatic hydroxyl groups excluding tert-OH is 1. The molecule has 1 aromatic heterocycles. The maximum atomic E-state index is 12.2. The smallest absolute Gasteiger partial charge is 0.255 e. The van der Waals surface area contributed by atoms with Gasteiger partial charge in [0.15, 0.2) is 0 Å². The summed E-state index contributed by atoms with van der Waals surface area (Å²) in [5.41, 5.74) is 5.91. The summed E-state index contributed by atoms with van der Waals surface area (Å²) in [4.78, 5) is 17.7. The van der Waals surface area contributed by atoms with Crippen molar-refractivity contribution in [2.75, 3.05) is 25.4 Å². The summed E-state index contributed by atoms with van der Waals surface area (Å²) in [6.07, 6.45) is 2.20. The molecule has 0 radical (unpaired) electrons. The van der Waals surface area contributed by atoms with E-state index in [9.17, 15) is 4.79 Å². The Bertz CT molecular complexity index is 439. The van der Waals surface area contributed by atoms with Crippen LogP contribution in [-0.2, 0) is 0 Å². The van der Waals surface area contributed by atoms with Gasteiger partial charge in [0.2, 0.25) is 0 Å². The first-order valence-electron chi connectivity index (χ1n) is 5.43. The van der Waals surface area contributed by atoms with Crippen LogP contribution in [0, 0.1) is 5.92 Å². The standard InChI is InChI=1S/C11H14ClN3O2/c12-9-4-14-10(13)3-8(9)11(17)15-2-1-7(5-15)6-16/h3-4,7,16H,1-2,5-6H2,(H2,13,14). The Morgan fingerprint density at radius 2 is 2.47 bits per heavy atom. The Morgan fingerprint density at radius 1 is 1.71 bits per heavy atom. The van der Waals surface area contributed by atoms with E-state index >= 15 is 0 Å². The zero-order chi connectivity index (χ0) is 12.4. The number of likely N-dealkylation sites (tertiary alicyclic amines) is 1. The van der Waals surface area contributed by atoms with Gasteiger partial charge in [0.1, 0.15) is 5.82 Å². The van der Waals surface area contributed by atoms with Gasteiger partial charge in [-0.15, -0.1) is 0 Å². The number of rotatable bonds is 2. The number of aliphatic hydroxyl groups is 1. The average Bonchev–Trinajstić information content (AvgIpc) is 2.80. The molecule has 1 aromatic rings. The van der Waals surface area contributed by atoms with Crippen LogP contribution < -0.4 is 5.73 Å². The lowest BCUT2D eigenvalue weighted by atomic mass is 10.1. The van der Waals surface area contributed by atoms with Gasteiger partial charge >= 0.3 is 0 Å². The third-order valence-electron chi connectivity index (χ3n) is 2.94. The number of carbonyl (C=O) groups excluding carboxylic acids is 1. The first kappa shape index (κ1) is 12.1. The molecule has 1 atom stereocenters. The zero-order valence-corrected chi connectivity index (χ0v) is 10.0. The van der Waals surface area contributed by atoms with Crippen molar-refractivity contribution in [3.05, 3.63) is 22.8 Å². The summed E-state index contributed by atoms with van der Waals surface area (Å²) in [5, 5.41) is 9.34. The number of carbonyl (C=O) groups is 1. The van der Waals surface area contributed by atoms with Gasteiger partial charge in [-0.3, -0.25) is 4.79 Å². The number of anilines is 1. The number of hydrogen-bond donors (Lipinski definition) is 2. The molecule has 2 heterocycles. The molecule has 5 nitrogen and oxygen atoms in total. The molecule has 0 spiro atoms. The van der Waals surface area contributed by atoms with E-state index in [0.717, 1.165) is 6.42 Å². The van der Waals surface area contributed by atoms with Crippen LogP contribution in [0.1, 0.15) is 16.8 Å². The molecule has 1 aliphatic rings. The van der Waals surface area contributed by atoms with Gasteiger partial charge in [-0.25, -0.2) is 4.98 Å². The van der Waals surface area contributed by atoms with Crippen molar-refractivity contribution in [1.29, 1.82) is 0 Å². The fraction of sp³-hybridized carbons (Fsp3) is 0.455. The number of pyridine rings is 1. The van der Waals surface area contributed by atoms with Crippen LogP contribution in [0.3, 0.4) is 0 Å². The summed E-state index contributed by atoms with van der Waals surface area (Å²) in [6.45, 7) is 1.31. The van der Waals surface area contributed by atoms with Crippen LogP contribution in [0.2, 0.25) is 5.02 Å². The van der Waals surface area contributed by atoms with Crippen LogP contribution in [0.4, 0.5) is 5.82 Å². The van der Waals surface area contributed by atoms with Gasteiger partial charge in [0.25, 0.3) is 5.91 Å². The second-order valence-corrected chi connectivity index (χ2v) is 4.58. The minimum Gasteiger partial charge on any atom is -0.396 e. The van der Waals surface area contributed by atoms with Crippen molar-refractivity contribution in [2.45, 2.75) is 6.42 Å². The fourth-order valence-electron chi connectivity index (χ4n) is 1.96. The highest BCUT2D eigenvalue weighted by atomic mass is 35.5. The largest absolute Gasteiger partial charge is 0.396 e. The molecule has 6 heteroatoms. The van der Waals surface area contributed by atoms with E-state index in [1.807, 2.05) is 0 Å². The highest BCUT2D eigenvalue weighted by molar-refractivity contribution is 6.33. The molecule has 3 N–H and O–H groups in total. The average molecular weight is 256 g/mol. The van der Waals surface area contributed by atoms with Crippen LogP contribution >= 0.6 is 11.6 Å². The topological polar surface area (TPSA) is 79.5 Å². The molecule has 1 saturated heterocycles. The van der Waals surface area contributed by atoms with Crippen LogP contribution in [0.25, 0.3) is 0 Å². The maximum Gasteiger partial charge on any atom is 0.255 e. The minimum absolute atomic E-state index is 0.107. The third kappa shape index (κ3) is 2.50. The van der Waals surface area contributed by atoms with Crippen molar-refractivity contribution in [3.63, 3.8) is 0 Å². The molecule has 0 aliphatic carbocycles. The lowest BCUT2D eigenvalue weighted by Gasteiger charge is -2.17. The van der Waals surface area contributed by atoms with Crippen molar-refractivity contribution in [3.8, 4) is 0 Å². The molecule has 1 fully saturated rings. The van der Waals surface area contributed by atoms with Gasteiger partial charge in [0, 0.05) is 31.8 Å². The Labute approximate surface area is 104 Å². The highest BCUT2D eigenvalue weighted by Gasteiger charge is 2.27. The summed E-state index contributed by atoms with van der Waals surface area (Å²) in [7, 11) is 0. The second-order valence-electron chi connectivity index (χ2n) is 4.18. The Morgan fingerprint density at radius 3 is 3.12 bits per heavy atom. The van der Waals surface area contributed by atoms with E-state index in [0.29, 0.717) is 23.7 Å². The predicted octanol–water partition coefficient (Wildman–Crippen LogP) is 0.772. The molecule has 2 rings (SSSR count). The molecule has 17 heavy (non-hydrogen) atoms. The van der Waals surface area contributed by atoms with Crippen LogP contribution in [0.5, 0.6) is 0 Å². The highest BCUT2D eigenvalue weighted by Crippen LogP contribution is 2.22. The molecule has 1 unspecified atom stereocenters. The third-order valence-corrected chi connectivity index (χ3v) is 3.24.